The van der Waals surface area contributed by atoms with Crippen LogP contribution in [0.4, 0.5) is 0 Å². The topological polar surface area (TPSA) is 61.8 Å². The van der Waals surface area contributed by atoms with Crippen LogP contribution >= 0.6 is 0 Å². The van der Waals surface area contributed by atoms with Crippen LogP contribution in [0, 0.1) is 0 Å². The van der Waals surface area contributed by atoms with Gasteiger partial charge < -0.3 is 15.2 Å². The second kappa shape index (κ2) is 15.4. The third kappa shape index (κ3) is 10.2. The number of nitrogens with one attached hydrogen (secondary N) is 1. The van der Waals surface area contributed by atoms with Crippen LogP contribution in [-0.4, -0.2) is 54.8 Å². The predicted octanol–water partition coefficient (Wildman–Crippen LogP) is 4.31. The quantitative estimate of drug-likeness (QED) is 0.479. The Morgan fingerprint density at radius 2 is 1.69 bits per heavy atom. The van der Waals surface area contributed by atoms with Crippen molar-refractivity contribution in [3.05, 3.63) is 35.9 Å². The molecular formula is C24H42N2O3. The molecule has 0 aliphatic carbocycles. The minimum Gasteiger partial charge on any atom is -0.386 e. The number of ether oxygens (including phenoxy) is 1. The molecule has 1 aromatic carbocycles. The molecular weight excluding hydrogens is 364 g/mol. The number of rotatable bonds is 13. The highest BCUT2D eigenvalue weighted by Gasteiger charge is 2.26. The van der Waals surface area contributed by atoms with Gasteiger partial charge >= 0.3 is 0 Å². The van der Waals surface area contributed by atoms with E-state index in [2.05, 4.69) is 17.1 Å². The number of benzene rings is 1. The molecule has 1 aliphatic rings. The summed E-state index contributed by atoms with van der Waals surface area (Å²) in [6.45, 7) is 5.96. The van der Waals surface area contributed by atoms with E-state index in [4.69, 9.17) is 4.74 Å². The fourth-order valence-electron chi connectivity index (χ4n) is 3.69. The summed E-state index contributed by atoms with van der Waals surface area (Å²) in [5.74, 6) is 0.0433. The number of carbonyl (C=O) groups excluding carboxylic acids is 1. The van der Waals surface area contributed by atoms with E-state index in [1.165, 1.54) is 32.1 Å². The molecule has 166 valence electrons. The molecule has 5 heteroatoms. The molecule has 0 bridgehead atoms. The Morgan fingerprint density at radius 1 is 1.07 bits per heavy atom. The zero-order valence-electron chi connectivity index (χ0n) is 17.4. The van der Waals surface area contributed by atoms with Crippen LogP contribution in [0.15, 0.2) is 30.3 Å². The number of carbonyl (C=O) groups is 1. The van der Waals surface area contributed by atoms with Gasteiger partial charge in [0.15, 0.2) is 0 Å². The summed E-state index contributed by atoms with van der Waals surface area (Å²) in [6, 6.07) is 9.30. The number of amides is 1. The molecule has 0 aromatic heterocycles. The number of nitrogens with zero attached hydrogens (tertiary/aromatic N) is 1. The molecule has 1 fully saturated rings. The van der Waals surface area contributed by atoms with Gasteiger partial charge in [-0.1, -0.05) is 83.2 Å². The lowest BCUT2D eigenvalue weighted by atomic mass is 10.0. The van der Waals surface area contributed by atoms with Crippen LogP contribution < -0.4 is 5.32 Å². The Labute approximate surface area is 177 Å². The average molecular weight is 407 g/mol. The first-order valence-corrected chi connectivity index (χ1v) is 11.0. The van der Waals surface area contributed by atoms with Crippen molar-refractivity contribution < 1.29 is 14.6 Å². The van der Waals surface area contributed by atoms with E-state index in [0.29, 0.717) is 26.2 Å². The molecule has 29 heavy (non-hydrogen) atoms. The summed E-state index contributed by atoms with van der Waals surface area (Å²) in [4.78, 5) is 14.8. The first-order chi connectivity index (χ1) is 13.7. The summed E-state index contributed by atoms with van der Waals surface area (Å²) >= 11 is 0. The minimum absolute atomic E-state index is 0. The third-order valence-electron chi connectivity index (χ3n) is 5.43. The Morgan fingerprint density at radius 3 is 2.34 bits per heavy atom. The summed E-state index contributed by atoms with van der Waals surface area (Å²) in [6.07, 6.45) is 8.19. The van der Waals surface area contributed by atoms with E-state index in [1.807, 2.05) is 30.3 Å². The van der Waals surface area contributed by atoms with E-state index < -0.39 is 6.10 Å². The van der Waals surface area contributed by atoms with Crippen molar-refractivity contribution in [2.45, 2.75) is 77.9 Å². The molecule has 1 aromatic rings. The van der Waals surface area contributed by atoms with Crippen molar-refractivity contribution >= 4 is 5.91 Å². The second-order valence-corrected chi connectivity index (χ2v) is 7.81. The van der Waals surface area contributed by atoms with Crippen molar-refractivity contribution in [1.82, 2.24) is 10.2 Å². The Hall–Kier alpha value is -1.43. The molecule has 0 spiro atoms. The first-order valence-electron chi connectivity index (χ1n) is 11.0. The molecule has 5 nitrogen and oxygen atoms in total. The number of aliphatic hydroxyl groups excluding tert-OH is 1. The van der Waals surface area contributed by atoms with E-state index in [-0.39, 0.29) is 19.4 Å². The van der Waals surface area contributed by atoms with Crippen LogP contribution in [-0.2, 0) is 9.53 Å². The van der Waals surface area contributed by atoms with Gasteiger partial charge in [0.1, 0.15) is 6.10 Å². The molecule has 2 rings (SSSR count). The molecule has 2 atom stereocenters. The lowest BCUT2D eigenvalue weighted by Crippen LogP contribution is -2.49. The SMILES string of the molecule is C.CCCCCCCCCC(=O)NC(CN1CCOCC1)C(O)c1ccccc1. The summed E-state index contributed by atoms with van der Waals surface area (Å²) in [5, 5.41) is 14.0. The van der Waals surface area contributed by atoms with E-state index in [0.717, 1.165) is 31.5 Å². The Balaban J connectivity index is 0.00000420. The Kier molecular flexibility index (Phi) is 13.6. The van der Waals surface area contributed by atoms with Crippen molar-refractivity contribution in [2.75, 3.05) is 32.8 Å². The molecule has 0 saturated carbocycles. The van der Waals surface area contributed by atoms with E-state index in [9.17, 15) is 9.90 Å². The molecule has 2 N–H and O–H groups in total. The van der Waals surface area contributed by atoms with Crippen molar-refractivity contribution in [3.63, 3.8) is 0 Å². The lowest BCUT2D eigenvalue weighted by molar-refractivity contribution is -0.123. The highest BCUT2D eigenvalue weighted by Crippen LogP contribution is 2.18. The van der Waals surface area contributed by atoms with Gasteiger partial charge in [0.2, 0.25) is 5.91 Å². The maximum Gasteiger partial charge on any atom is 0.220 e. The van der Waals surface area contributed by atoms with Gasteiger partial charge in [-0.2, -0.15) is 0 Å². The lowest BCUT2D eigenvalue weighted by Gasteiger charge is -2.33. The number of unbranched alkanes of at least 4 members (excludes halogenated alkanes) is 6. The van der Waals surface area contributed by atoms with Gasteiger partial charge in [0, 0.05) is 26.1 Å². The van der Waals surface area contributed by atoms with E-state index >= 15 is 0 Å². The number of hydrogen-bond acceptors (Lipinski definition) is 4. The summed E-state index contributed by atoms with van der Waals surface area (Å²) in [7, 11) is 0. The summed E-state index contributed by atoms with van der Waals surface area (Å²) in [5.41, 5.74) is 0.844. The Bertz CT molecular complexity index is 532. The van der Waals surface area contributed by atoms with Crippen molar-refractivity contribution in [2.24, 2.45) is 0 Å². The van der Waals surface area contributed by atoms with Crippen molar-refractivity contribution in [3.8, 4) is 0 Å². The van der Waals surface area contributed by atoms with Gasteiger partial charge in [-0.05, 0) is 12.0 Å². The van der Waals surface area contributed by atoms with Crippen molar-refractivity contribution in [1.29, 1.82) is 0 Å². The van der Waals surface area contributed by atoms with Gasteiger partial charge in [-0.25, -0.2) is 0 Å². The van der Waals surface area contributed by atoms with Crippen LogP contribution in [0.3, 0.4) is 0 Å². The first kappa shape index (κ1) is 25.6. The molecule has 1 amide bonds. The van der Waals surface area contributed by atoms with Gasteiger partial charge in [-0.15, -0.1) is 0 Å². The summed E-state index contributed by atoms with van der Waals surface area (Å²) < 4.78 is 5.42. The number of morpholine rings is 1. The van der Waals surface area contributed by atoms with Crippen LogP contribution in [0.25, 0.3) is 0 Å². The monoisotopic (exact) mass is 406 g/mol. The van der Waals surface area contributed by atoms with E-state index in [1.54, 1.807) is 0 Å². The van der Waals surface area contributed by atoms with Gasteiger partial charge in [-0.3, -0.25) is 9.69 Å². The largest absolute Gasteiger partial charge is 0.386 e. The highest BCUT2D eigenvalue weighted by molar-refractivity contribution is 5.76. The fourth-order valence-corrected chi connectivity index (χ4v) is 3.69. The van der Waals surface area contributed by atoms with Crippen LogP contribution in [0.2, 0.25) is 0 Å². The average Bonchev–Trinajstić information content (AvgIpc) is 2.73. The van der Waals surface area contributed by atoms with Crippen LogP contribution in [0.5, 0.6) is 0 Å². The zero-order chi connectivity index (χ0) is 20.0. The molecule has 2 unspecified atom stereocenters. The number of aliphatic hydroxyl groups is 1. The van der Waals surface area contributed by atoms with Gasteiger partial charge in [0.25, 0.3) is 0 Å². The molecule has 1 heterocycles. The predicted molar refractivity (Wildman–Crippen MR) is 120 cm³/mol. The standard InChI is InChI=1S/C23H38N2O3.CH4/c1-2-3-4-5-6-7-11-14-22(26)24-21(19-25-15-17-28-18-16-25)23(27)20-12-9-8-10-13-20;/h8-10,12-13,21,23,27H,2-7,11,14-19H2,1H3,(H,24,26);1H4. The maximum absolute atomic E-state index is 12.5. The normalized spacial score (nSPS) is 16.6. The zero-order valence-corrected chi connectivity index (χ0v) is 17.4. The minimum atomic E-state index is -0.706. The molecule has 1 aliphatic heterocycles. The molecule has 0 radical (unpaired) electrons. The fraction of sp³-hybridized carbons (Fsp3) is 0.708. The highest BCUT2D eigenvalue weighted by atomic mass is 16.5. The van der Waals surface area contributed by atoms with Gasteiger partial charge in [0.05, 0.1) is 19.3 Å². The number of hydrogen-bond donors (Lipinski definition) is 2. The smallest absolute Gasteiger partial charge is 0.220 e. The second-order valence-electron chi connectivity index (χ2n) is 7.81. The van der Waals surface area contributed by atoms with Crippen LogP contribution in [0.1, 0.15) is 77.4 Å². The third-order valence-corrected chi connectivity index (χ3v) is 5.43. The maximum atomic E-state index is 12.5. The molecule has 1 saturated heterocycles.